The average Bonchev–Trinajstić information content (AvgIpc) is 3.00. The molecule has 0 aliphatic carbocycles. The maximum absolute atomic E-state index is 12.6. The predicted molar refractivity (Wildman–Crippen MR) is 87.9 cm³/mol. The molecular formula is C18H18N2O3. The summed E-state index contributed by atoms with van der Waals surface area (Å²) in [6, 6.07) is 12.8. The number of hydrogen-bond acceptors (Lipinski definition) is 3. The molecule has 0 aromatic heterocycles. The Bertz CT molecular complexity index is 771. The average molecular weight is 310 g/mol. The van der Waals surface area contributed by atoms with Gasteiger partial charge < -0.3 is 15.4 Å². The molecule has 0 spiro atoms. The highest BCUT2D eigenvalue weighted by Crippen LogP contribution is 2.34. The van der Waals surface area contributed by atoms with Crippen LogP contribution in [0.4, 0.5) is 5.69 Å². The number of nitrogens with one attached hydrogen (secondary N) is 2. The van der Waals surface area contributed by atoms with E-state index < -0.39 is 0 Å². The smallest absolute Gasteiger partial charge is 0.251 e. The molecule has 118 valence electrons. The highest BCUT2D eigenvalue weighted by atomic mass is 16.5. The predicted octanol–water partition coefficient (Wildman–Crippen LogP) is 2.47. The van der Waals surface area contributed by atoms with Crippen LogP contribution in [0.2, 0.25) is 0 Å². The SMILES string of the molecule is CNC(=O)c1ccc(C)c(NC(=O)[C@H]2COc3ccccc32)c1. The second kappa shape index (κ2) is 6.12. The molecule has 5 heteroatoms. The maximum atomic E-state index is 12.6. The van der Waals surface area contributed by atoms with Gasteiger partial charge in [-0.05, 0) is 30.7 Å². The molecule has 2 aromatic rings. The first-order valence-electron chi connectivity index (χ1n) is 7.45. The summed E-state index contributed by atoms with van der Waals surface area (Å²) in [7, 11) is 1.58. The van der Waals surface area contributed by atoms with Gasteiger partial charge in [-0.25, -0.2) is 0 Å². The van der Waals surface area contributed by atoms with Crippen molar-refractivity contribution in [2.24, 2.45) is 0 Å². The minimum absolute atomic E-state index is 0.132. The minimum atomic E-state index is -0.339. The Morgan fingerprint density at radius 2 is 1.96 bits per heavy atom. The molecule has 3 rings (SSSR count). The molecule has 0 saturated heterocycles. The zero-order valence-electron chi connectivity index (χ0n) is 13.1. The molecular weight excluding hydrogens is 292 g/mol. The molecule has 2 N–H and O–H groups in total. The molecule has 2 amide bonds. The van der Waals surface area contributed by atoms with Crippen molar-refractivity contribution in [1.82, 2.24) is 5.32 Å². The van der Waals surface area contributed by atoms with Crippen LogP contribution in [0.25, 0.3) is 0 Å². The summed E-state index contributed by atoms with van der Waals surface area (Å²) >= 11 is 0. The molecule has 1 atom stereocenters. The van der Waals surface area contributed by atoms with Crippen LogP contribution in [0.15, 0.2) is 42.5 Å². The second-order valence-corrected chi connectivity index (χ2v) is 5.50. The number of fused-ring (bicyclic) bond motifs is 1. The van der Waals surface area contributed by atoms with Crippen LogP contribution in [-0.4, -0.2) is 25.5 Å². The summed E-state index contributed by atoms with van der Waals surface area (Å²) in [6.07, 6.45) is 0. The number of hydrogen-bond donors (Lipinski definition) is 2. The zero-order chi connectivity index (χ0) is 16.4. The number of aryl methyl sites for hydroxylation is 1. The van der Waals surface area contributed by atoms with Crippen molar-refractivity contribution in [3.63, 3.8) is 0 Å². The molecule has 1 aliphatic rings. The van der Waals surface area contributed by atoms with Crippen molar-refractivity contribution < 1.29 is 14.3 Å². The number of anilines is 1. The Morgan fingerprint density at radius 1 is 1.17 bits per heavy atom. The van der Waals surface area contributed by atoms with Crippen molar-refractivity contribution in [2.45, 2.75) is 12.8 Å². The van der Waals surface area contributed by atoms with Crippen LogP contribution in [0.5, 0.6) is 5.75 Å². The van der Waals surface area contributed by atoms with Crippen molar-refractivity contribution >= 4 is 17.5 Å². The van der Waals surface area contributed by atoms with E-state index in [4.69, 9.17) is 4.74 Å². The van der Waals surface area contributed by atoms with E-state index in [9.17, 15) is 9.59 Å². The van der Waals surface area contributed by atoms with Gasteiger partial charge in [0.1, 0.15) is 18.3 Å². The summed E-state index contributed by atoms with van der Waals surface area (Å²) in [4.78, 5) is 24.3. The van der Waals surface area contributed by atoms with Gasteiger partial charge >= 0.3 is 0 Å². The summed E-state index contributed by atoms with van der Waals surface area (Å²) in [5, 5.41) is 5.49. The van der Waals surface area contributed by atoms with Crippen LogP contribution >= 0.6 is 0 Å². The first-order valence-corrected chi connectivity index (χ1v) is 7.45. The molecule has 0 bridgehead atoms. The van der Waals surface area contributed by atoms with Crippen molar-refractivity contribution in [3.8, 4) is 5.75 Å². The number of amides is 2. The summed E-state index contributed by atoms with van der Waals surface area (Å²) in [5.41, 5.74) is 2.94. The Balaban J connectivity index is 1.82. The third-order valence-electron chi connectivity index (χ3n) is 4.00. The summed E-state index contributed by atoms with van der Waals surface area (Å²) in [6.45, 7) is 2.22. The lowest BCUT2D eigenvalue weighted by Crippen LogP contribution is -2.23. The van der Waals surface area contributed by atoms with E-state index in [2.05, 4.69) is 10.6 Å². The van der Waals surface area contributed by atoms with Gasteiger partial charge in [0.05, 0.1) is 0 Å². The molecule has 1 aliphatic heterocycles. The van der Waals surface area contributed by atoms with Gasteiger partial charge in [-0.1, -0.05) is 24.3 Å². The fourth-order valence-electron chi connectivity index (χ4n) is 2.64. The fraction of sp³-hybridized carbons (Fsp3) is 0.222. The van der Waals surface area contributed by atoms with Crippen LogP contribution in [-0.2, 0) is 4.79 Å². The molecule has 0 saturated carbocycles. The van der Waals surface area contributed by atoms with E-state index in [-0.39, 0.29) is 17.7 Å². The third kappa shape index (κ3) is 2.90. The number of carbonyl (C=O) groups is 2. The van der Waals surface area contributed by atoms with E-state index in [0.717, 1.165) is 16.9 Å². The van der Waals surface area contributed by atoms with Gasteiger partial charge in [-0.2, -0.15) is 0 Å². The lowest BCUT2D eigenvalue weighted by atomic mass is 10.00. The molecule has 0 radical (unpaired) electrons. The van der Waals surface area contributed by atoms with Gasteiger partial charge in [0.15, 0.2) is 0 Å². The van der Waals surface area contributed by atoms with Gasteiger partial charge in [0, 0.05) is 23.9 Å². The van der Waals surface area contributed by atoms with E-state index in [1.807, 2.05) is 37.3 Å². The van der Waals surface area contributed by atoms with Crippen LogP contribution < -0.4 is 15.4 Å². The van der Waals surface area contributed by atoms with E-state index in [0.29, 0.717) is 17.9 Å². The topological polar surface area (TPSA) is 67.4 Å². The van der Waals surface area contributed by atoms with Gasteiger partial charge in [0.25, 0.3) is 5.91 Å². The number of benzene rings is 2. The lowest BCUT2D eigenvalue weighted by molar-refractivity contribution is -0.117. The number of rotatable bonds is 3. The highest BCUT2D eigenvalue weighted by molar-refractivity contribution is 6.00. The standard InChI is InChI=1S/C18H18N2O3/c1-11-7-8-12(17(21)19-2)9-15(11)20-18(22)14-10-23-16-6-4-3-5-13(14)16/h3-9,14H,10H2,1-2H3,(H,19,21)(H,20,22)/t14-/m0/s1. The van der Waals surface area contributed by atoms with Crippen LogP contribution in [0.1, 0.15) is 27.4 Å². The zero-order valence-corrected chi connectivity index (χ0v) is 13.1. The van der Waals surface area contributed by atoms with Gasteiger partial charge in [0.2, 0.25) is 5.91 Å². The molecule has 0 unspecified atom stereocenters. The normalized spacial score (nSPS) is 15.5. The lowest BCUT2D eigenvalue weighted by Gasteiger charge is -2.13. The second-order valence-electron chi connectivity index (χ2n) is 5.50. The largest absolute Gasteiger partial charge is 0.492 e. The molecule has 0 fully saturated rings. The Morgan fingerprint density at radius 3 is 2.74 bits per heavy atom. The summed E-state index contributed by atoms with van der Waals surface area (Å²) < 4.78 is 5.55. The van der Waals surface area contributed by atoms with Crippen molar-refractivity contribution in [2.75, 3.05) is 19.0 Å². The fourth-order valence-corrected chi connectivity index (χ4v) is 2.64. The third-order valence-corrected chi connectivity index (χ3v) is 4.00. The Hall–Kier alpha value is -2.82. The van der Waals surface area contributed by atoms with Crippen molar-refractivity contribution in [1.29, 1.82) is 0 Å². The summed E-state index contributed by atoms with van der Waals surface area (Å²) in [5.74, 6) is 0.0971. The minimum Gasteiger partial charge on any atom is -0.492 e. The quantitative estimate of drug-likeness (QED) is 0.915. The number of para-hydroxylation sites is 1. The van der Waals surface area contributed by atoms with E-state index in [1.54, 1.807) is 19.2 Å². The molecule has 23 heavy (non-hydrogen) atoms. The Kier molecular flexibility index (Phi) is 4.02. The van der Waals surface area contributed by atoms with Gasteiger partial charge in [-0.15, -0.1) is 0 Å². The van der Waals surface area contributed by atoms with Crippen LogP contribution in [0.3, 0.4) is 0 Å². The first kappa shape index (κ1) is 15.1. The highest BCUT2D eigenvalue weighted by Gasteiger charge is 2.30. The number of ether oxygens (including phenoxy) is 1. The molecule has 1 heterocycles. The van der Waals surface area contributed by atoms with E-state index >= 15 is 0 Å². The van der Waals surface area contributed by atoms with Crippen LogP contribution in [0, 0.1) is 6.92 Å². The number of carbonyl (C=O) groups excluding carboxylic acids is 2. The molecule has 2 aromatic carbocycles. The first-order chi connectivity index (χ1) is 11.1. The van der Waals surface area contributed by atoms with Gasteiger partial charge in [-0.3, -0.25) is 9.59 Å². The Labute approximate surface area is 134 Å². The van der Waals surface area contributed by atoms with E-state index in [1.165, 1.54) is 0 Å². The van der Waals surface area contributed by atoms with Crippen molar-refractivity contribution in [3.05, 3.63) is 59.2 Å². The molecule has 5 nitrogen and oxygen atoms in total. The maximum Gasteiger partial charge on any atom is 0.251 e. The monoisotopic (exact) mass is 310 g/mol.